The largest absolute Gasteiger partial charge is 0.315 e. The Morgan fingerprint density at radius 3 is 2.30 bits per heavy atom. The van der Waals surface area contributed by atoms with E-state index in [2.05, 4.69) is 9.88 Å². The SMILES string of the molecule is Cc1cn(C2c3cc(F)ccc3C=C(c3ccccc3)N2c2ccc(F)cc2)cn1. The molecule has 1 aliphatic heterocycles. The molecule has 0 N–H and O–H groups in total. The highest BCUT2D eigenvalue weighted by Crippen LogP contribution is 2.42. The molecule has 0 bridgehead atoms. The minimum atomic E-state index is -0.373. The number of nitrogens with zero attached hydrogens (tertiary/aromatic N) is 3. The van der Waals surface area contributed by atoms with Crippen LogP contribution in [-0.2, 0) is 0 Å². The van der Waals surface area contributed by atoms with E-state index in [-0.39, 0.29) is 17.8 Å². The summed E-state index contributed by atoms with van der Waals surface area (Å²) in [5.41, 5.74) is 5.37. The van der Waals surface area contributed by atoms with Gasteiger partial charge in [0.05, 0.1) is 17.7 Å². The molecule has 1 aromatic heterocycles. The van der Waals surface area contributed by atoms with E-state index in [1.54, 1.807) is 30.6 Å². The van der Waals surface area contributed by atoms with Gasteiger partial charge in [-0.2, -0.15) is 0 Å². The van der Waals surface area contributed by atoms with E-state index in [1.165, 1.54) is 18.2 Å². The zero-order chi connectivity index (χ0) is 20.7. The summed E-state index contributed by atoms with van der Waals surface area (Å²) in [6.45, 7) is 1.92. The first-order valence-corrected chi connectivity index (χ1v) is 9.71. The molecule has 0 aliphatic carbocycles. The van der Waals surface area contributed by atoms with Gasteiger partial charge in [0.2, 0.25) is 0 Å². The van der Waals surface area contributed by atoms with Gasteiger partial charge in [-0.25, -0.2) is 13.8 Å². The van der Waals surface area contributed by atoms with Crippen molar-refractivity contribution >= 4 is 17.5 Å². The summed E-state index contributed by atoms with van der Waals surface area (Å²) < 4.78 is 29.9. The van der Waals surface area contributed by atoms with Crippen LogP contribution >= 0.6 is 0 Å². The third kappa shape index (κ3) is 3.18. The molecule has 5 heteroatoms. The van der Waals surface area contributed by atoms with Gasteiger partial charge >= 0.3 is 0 Å². The molecule has 0 amide bonds. The zero-order valence-electron chi connectivity index (χ0n) is 16.3. The van der Waals surface area contributed by atoms with E-state index in [1.807, 2.05) is 54.1 Å². The number of benzene rings is 3. The van der Waals surface area contributed by atoms with E-state index >= 15 is 0 Å². The average Bonchev–Trinajstić information content (AvgIpc) is 3.19. The molecule has 3 nitrogen and oxygen atoms in total. The number of halogens is 2. The predicted octanol–water partition coefficient (Wildman–Crippen LogP) is 6.03. The van der Waals surface area contributed by atoms with Crippen molar-refractivity contribution in [2.24, 2.45) is 0 Å². The van der Waals surface area contributed by atoms with Crippen molar-refractivity contribution < 1.29 is 8.78 Å². The minimum Gasteiger partial charge on any atom is -0.315 e. The molecule has 1 unspecified atom stereocenters. The van der Waals surface area contributed by atoms with Crippen LogP contribution in [0.5, 0.6) is 0 Å². The Hall–Kier alpha value is -3.73. The van der Waals surface area contributed by atoms with E-state index < -0.39 is 0 Å². The van der Waals surface area contributed by atoms with Crippen molar-refractivity contribution in [2.45, 2.75) is 13.1 Å². The van der Waals surface area contributed by atoms with Gasteiger partial charge in [0.1, 0.15) is 17.8 Å². The molecule has 0 saturated heterocycles. The number of aromatic nitrogens is 2. The third-order valence-corrected chi connectivity index (χ3v) is 5.31. The molecule has 30 heavy (non-hydrogen) atoms. The Labute approximate surface area is 173 Å². The Morgan fingerprint density at radius 2 is 1.60 bits per heavy atom. The second kappa shape index (κ2) is 7.26. The fourth-order valence-electron chi connectivity index (χ4n) is 3.97. The summed E-state index contributed by atoms with van der Waals surface area (Å²) in [5, 5.41) is 0. The van der Waals surface area contributed by atoms with E-state index in [0.29, 0.717) is 0 Å². The van der Waals surface area contributed by atoms with Crippen molar-refractivity contribution in [3.05, 3.63) is 119 Å². The Morgan fingerprint density at radius 1 is 0.867 bits per heavy atom. The van der Waals surface area contributed by atoms with Gasteiger partial charge in [-0.1, -0.05) is 36.4 Å². The maximum atomic E-state index is 14.3. The third-order valence-electron chi connectivity index (χ3n) is 5.31. The van der Waals surface area contributed by atoms with Crippen molar-refractivity contribution in [1.29, 1.82) is 0 Å². The second-order valence-corrected chi connectivity index (χ2v) is 7.35. The van der Waals surface area contributed by atoms with Crippen molar-refractivity contribution in [3.8, 4) is 0 Å². The molecule has 1 atom stereocenters. The average molecular weight is 399 g/mol. The first-order valence-electron chi connectivity index (χ1n) is 9.71. The maximum absolute atomic E-state index is 14.3. The van der Waals surface area contributed by atoms with Gasteiger partial charge in [-0.05, 0) is 60.5 Å². The number of aryl methyl sites for hydroxylation is 1. The van der Waals surface area contributed by atoms with Crippen LogP contribution in [0.2, 0.25) is 0 Å². The lowest BCUT2D eigenvalue weighted by molar-refractivity contribution is 0.574. The highest BCUT2D eigenvalue weighted by atomic mass is 19.1. The molecule has 0 radical (unpaired) electrons. The van der Waals surface area contributed by atoms with Crippen LogP contribution in [0.4, 0.5) is 14.5 Å². The molecular formula is C25H19F2N3. The van der Waals surface area contributed by atoms with E-state index in [4.69, 9.17) is 0 Å². The van der Waals surface area contributed by atoms with Gasteiger partial charge < -0.3 is 9.47 Å². The number of rotatable bonds is 3. The topological polar surface area (TPSA) is 21.1 Å². The fourth-order valence-corrected chi connectivity index (χ4v) is 3.97. The summed E-state index contributed by atoms with van der Waals surface area (Å²) in [4.78, 5) is 6.49. The minimum absolute atomic E-state index is 0.300. The number of hydrogen-bond donors (Lipinski definition) is 0. The summed E-state index contributed by atoms with van der Waals surface area (Å²) in [5.74, 6) is -0.603. The summed E-state index contributed by atoms with van der Waals surface area (Å²) >= 11 is 0. The summed E-state index contributed by atoms with van der Waals surface area (Å²) in [6.07, 6.45) is 5.36. The van der Waals surface area contributed by atoms with Crippen molar-refractivity contribution in [3.63, 3.8) is 0 Å². The molecule has 5 rings (SSSR count). The Balaban J connectivity index is 1.80. The standard InChI is InChI=1S/C25H19F2N3/c1-17-15-29(16-28-17)25-23-14-21(27)8-7-19(23)13-24(18-5-3-2-4-6-18)30(25)22-11-9-20(26)10-12-22/h2-16,25H,1H3. The van der Waals surface area contributed by atoms with Crippen molar-refractivity contribution in [2.75, 3.05) is 4.90 Å². The van der Waals surface area contributed by atoms with Gasteiger partial charge in [-0.3, -0.25) is 0 Å². The quantitative estimate of drug-likeness (QED) is 0.419. The highest BCUT2D eigenvalue weighted by molar-refractivity contribution is 5.93. The lowest BCUT2D eigenvalue weighted by Gasteiger charge is -2.40. The molecule has 0 spiro atoms. The Kier molecular flexibility index (Phi) is 4.43. The number of anilines is 1. The van der Waals surface area contributed by atoms with Crippen LogP contribution in [-0.4, -0.2) is 9.55 Å². The molecule has 2 heterocycles. The molecule has 148 valence electrons. The van der Waals surface area contributed by atoms with Crippen LogP contribution in [0.25, 0.3) is 11.8 Å². The highest BCUT2D eigenvalue weighted by Gasteiger charge is 2.32. The molecule has 0 saturated carbocycles. The molecule has 0 fully saturated rings. The number of imidazole rings is 1. The zero-order valence-corrected chi connectivity index (χ0v) is 16.3. The van der Waals surface area contributed by atoms with Crippen LogP contribution < -0.4 is 4.90 Å². The lowest BCUT2D eigenvalue weighted by atomic mass is 9.94. The maximum Gasteiger partial charge on any atom is 0.138 e. The fraction of sp³-hybridized carbons (Fsp3) is 0.0800. The monoisotopic (exact) mass is 399 g/mol. The second-order valence-electron chi connectivity index (χ2n) is 7.35. The summed E-state index contributed by atoms with van der Waals surface area (Å²) in [6, 6.07) is 21.2. The predicted molar refractivity (Wildman–Crippen MR) is 115 cm³/mol. The van der Waals surface area contributed by atoms with Gasteiger partial charge in [0, 0.05) is 17.4 Å². The van der Waals surface area contributed by atoms with Crippen LogP contribution in [0.3, 0.4) is 0 Å². The first kappa shape index (κ1) is 18.3. The van der Waals surface area contributed by atoms with E-state index in [0.717, 1.165) is 33.8 Å². The van der Waals surface area contributed by atoms with Gasteiger partial charge in [-0.15, -0.1) is 0 Å². The van der Waals surface area contributed by atoms with Crippen LogP contribution in [0.15, 0.2) is 85.3 Å². The number of hydrogen-bond acceptors (Lipinski definition) is 2. The molecule has 1 aliphatic rings. The van der Waals surface area contributed by atoms with Gasteiger partial charge in [0.15, 0.2) is 0 Å². The van der Waals surface area contributed by atoms with E-state index in [9.17, 15) is 8.78 Å². The van der Waals surface area contributed by atoms with Gasteiger partial charge in [0.25, 0.3) is 0 Å². The molecule has 3 aromatic carbocycles. The molecule has 4 aromatic rings. The Bertz CT molecular complexity index is 1230. The first-order chi connectivity index (χ1) is 14.6. The number of fused-ring (bicyclic) bond motifs is 1. The summed E-state index contributed by atoms with van der Waals surface area (Å²) in [7, 11) is 0. The normalized spacial score (nSPS) is 15.6. The van der Waals surface area contributed by atoms with Crippen LogP contribution in [0.1, 0.15) is 28.6 Å². The lowest BCUT2D eigenvalue weighted by Crippen LogP contribution is -2.34. The van der Waals surface area contributed by atoms with Crippen molar-refractivity contribution in [1.82, 2.24) is 9.55 Å². The smallest absolute Gasteiger partial charge is 0.138 e. The molecular weight excluding hydrogens is 380 g/mol. The van der Waals surface area contributed by atoms with Crippen LogP contribution in [0, 0.1) is 18.6 Å².